The molecule has 1 unspecified atom stereocenters. The van der Waals surface area contributed by atoms with Crippen molar-refractivity contribution in [2.24, 2.45) is 0 Å². The number of hydrogen-bond donors (Lipinski definition) is 3. The number of hydrogen-bond acceptors (Lipinski definition) is 5. The lowest BCUT2D eigenvalue weighted by molar-refractivity contribution is 0.0696. The molecule has 29 heavy (non-hydrogen) atoms. The Balaban J connectivity index is 2.22. The smallest absolute Gasteiger partial charge is 0.335 e. The summed E-state index contributed by atoms with van der Waals surface area (Å²) in [5, 5.41) is 12.5. The topological polar surface area (TPSA) is 105 Å². The standard InChI is InChI=1S/C21H28N2O5S/c1-15(2)28-13-7-12-22-29(26,27)20-14-18(21(24)25)10-11-19(20)23-16(3)17-8-5-4-6-9-17/h4-6,8-11,14-16,22-23H,7,12-13H2,1-3H3,(H,24,25). The molecule has 8 heteroatoms. The summed E-state index contributed by atoms with van der Waals surface area (Å²) in [7, 11) is -3.91. The van der Waals surface area contributed by atoms with Crippen LogP contribution in [-0.4, -0.2) is 38.7 Å². The van der Waals surface area contributed by atoms with Crippen LogP contribution in [0.5, 0.6) is 0 Å². The van der Waals surface area contributed by atoms with Gasteiger partial charge in [-0.2, -0.15) is 0 Å². The highest BCUT2D eigenvalue weighted by atomic mass is 32.2. The fraction of sp³-hybridized carbons (Fsp3) is 0.381. The van der Waals surface area contributed by atoms with Crippen molar-refractivity contribution >= 4 is 21.7 Å². The van der Waals surface area contributed by atoms with Crippen molar-refractivity contribution in [2.45, 2.75) is 44.2 Å². The van der Waals surface area contributed by atoms with Gasteiger partial charge in [0.05, 0.1) is 17.4 Å². The third-order valence-electron chi connectivity index (χ3n) is 4.25. The molecule has 0 aromatic heterocycles. The predicted octanol–water partition coefficient (Wildman–Crippen LogP) is 3.65. The third kappa shape index (κ3) is 6.85. The number of nitrogens with one attached hydrogen (secondary N) is 2. The zero-order chi connectivity index (χ0) is 21.4. The number of rotatable bonds is 11. The molecular weight excluding hydrogens is 392 g/mol. The molecule has 0 bridgehead atoms. The zero-order valence-electron chi connectivity index (χ0n) is 16.9. The van der Waals surface area contributed by atoms with E-state index in [0.29, 0.717) is 18.7 Å². The van der Waals surface area contributed by atoms with E-state index in [1.54, 1.807) is 0 Å². The average molecular weight is 421 g/mol. The molecule has 7 nitrogen and oxygen atoms in total. The van der Waals surface area contributed by atoms with Crippen LogP contribution in [0.4, 0.5) is 5.69 Å². The maximum Gasteiger partial charge on any atom is 0.335 e. The molecule has 0 saturated carbocycles. The van der Waals surface area contributed by atoms with Gasteiger partial charge >= 0.3 is 5.97 Å². The molecule has 0 radical (unpaired) electrons. The Morgan fingerprint density at radius 2 is 1.79 bits per heavy atom. The van der Waals surface area contributed by atoms with Crippen molar-refractivity contribution in [1.82, 2.24) is 4.72 Å². The van der Waals surface area contributed by atoms with Gasteiger partial charge in [-0.15, -0.1) is 0 Å². The highest BCUT2D eigenvalue weighted by Gasteiger charge is 2.21. The second-order valence-electron chi connectivity index (χ2n) is 6.96. The SMILES string of the molecule is CC(C)OCCCNS(=O)(=O)c1cc(C(=O)O)ccc1NC(C)c1ccccc1. The van der Waals surface area contributed by atoms with E-state index in [-0.39, 0.29) is 29.1 Å². The first kappa shape index (κ1) is 22.9. The normalized spacial score (nSPS) is 12.7. The molecule has 0 heterocycles. The number of carbonyl (C=O) groups is 1. The monoisotopic (exact) mass is 420 g/mol. The molecule has 3 N–H and O–H groups in total. The van der Waals surface area contributed by atoms with E-state index in [9.17, 15) is 18.3 Å². The van der Waals surface area contributed by atoms with Crippen molar-refractivity contribution in [3.63, 3.8) is 0 Å². The van der Waals surface area contributed by atoms with E-state index in [0.717, 1.165) is 5.56 Å². The molecule has 2 aromatic rings. The molecule has 0 spiro atoms. The Morgan fingerprint density at radius 1 is 1.10 bits per heavy atom. The molecule has 0 aliphatic carbocycles. The van der Waals surface area contributed by atoms with Crippen LogP contribution in [0.3, 0.4) is 0 Å². The van der Waals surface area contributed by atoms with Crippen molar-refractivity contribution in [3.05, 3.63) is 59.7 Å². The van der Waals surface area contributed by atoms with Crippen LogP contribution < -0.4 is 10.0 Å². The van der Waals surface area contributed by atoms with Crippen LogP contribution in [0.1, 0.15) is 49.2 Å². The van der Waals surface area contributed by atoms with Gasteiger partial charge in [-0.3, -0.25) is 0 Å². The number of anilines is 1. The maximum absolute atomic E-state index is 12.9. The minimum Gasteiger partial charge on any atom is -0.478 e. The van der Waals surface area contributed by atoms with Crippen molar-refractivity contribution in [2.75, 3.05) is 18.5 Å². The molecule has 0 fully saturated rings. The number of aromatic carboxylic acids is 1. The molecule has 0 aliphatic rings. The zero-order valence-corrected chi connectivity index (χ0v) is 17.7. The summed E-state index contributed by atoms with van der Waals surface area (Å²) in [6, 6.07) is 13.5. The van der Waals surface area contributed by atoms with Gasteiger partial charge in [0.1, 0.15) is 4.90 Å². The number of sulfonamides is 1. The first-order valence-corrected chi connectivity index (χ1v) is 11.0. The van der Waals surface area contributed by atoms with Gasteiger partial charge < -0.3 is 15.2 Å². The van der Waals surface area contributed by atoms with Crippen LogP contribution in [0.25, 0.3) is 0 Å². The first-order valence-electron chi connectivity index (χ1n) is 9.51. The van der Waals surface area contributed by atoms with Crippen LogP contribution >= 0.6 is 0 Å². The lowest BCUT2D eigenvalue weighted by Gasteiger charge is -2.19. The minimum absolute atomic E-state index is 0.0779. The van der Waals surface area contributed by atoms with Crippen molar-refractivity contribution < 1.29 is 23.1 Å². The summed E-state index contributed by atoms with van der Waals surface area (Å²) in [6.45, 7) is 6.36. The quantitative estimate of drug-likeness (QED) is 0.479. The summed E-state index contributed by atoms with van der Waals surface area (Å²) in [4.78, 5) is 11.3. The van der Waals surface area contributed by atoms with E-state index in [2.05, 4.69) is 10.0 Å². The largest absolute Gasteiger partial charge is 0.478 e. The van der Waals surface area contributed by atoms with Crippen LogP contribution in [0, 0.1) is 0 Å². The van der Waals surface area contributed by atoms with E-state index in [1.807, 2.05) is 51.1 Å². The van der Waals surface area contributed by atoms with Gasteiger partial charge in [-0.1, -0.05) is 30.3 Å². The van der Waals surface area contributed by atoms with Crippen LogP contribution in [0.2, 0.25) is 0 Å². The van der Waals surface area contributed by atoms with Gasteiger partial charge in [0.15, 0.2) is 0 Å². The van der Waals surface area contributed by atoms with Gasteiger partial charge in [0.25, 0.3) is 0 Å². The van der Waals surface area contributed by atoms with Gasteiger partial charge in [-0.05, 0) is 51.0 Å². The highest BCUT2D eigenvalue weighted by molar-refractivity contribution is 7.89. The molecule has 0 aliphatic heterocycles. The Morgan fingerprint density at radius 3 is 2.41 bits per heavy atom. The summed E-state index contributed by atoms with van der Waals surface area (Å²) in [5.41, 5.74) is 1.24. The Bertz CT molecular complexity index is 914. The van der Waals surface area contributed by atoms with Gasteiger partial charge in [-0.25, -0.2) is 17.9 Å². The second-order valence-corrected chi connectivity index (χ2v) is 8.70. The Labute approximate surface area is 172 Å². The summed E-state index contributed by atoms with van der Waals surface area (Å²) in [5.74, 6) is -1.19. The maximum atomic E-state index is 12.9. The van der Waals surface area contributed by atoms with Crippen LogP contribution in [-0.2, 0) is 14.8 Å². The Kier molecular flexibility index (Phi) is 8.19. The third-order valence-corrected chi connectivity index (χ3v) is 5.75. The predicted molar refractivity (Wildman–Crippen MR) is 113 cm³/mol. The molecule has 0 saturated heterocycles. The van der Waals surface area contributed by atoms with Gasteiger partial charge in [0, 0.05) is 19.2 Å². The molecule has 2 aromatic carbocycles. The van der Waals surface area contributed by atoms with E-state index in [1.165, 1.54) is 18.2 Å². The first-order chi connectivity index (χ1) is 13.7. The summed E-state index contributed by atoms with van der Waals surface area (Å²) in [6.07, 6.45) is 0.591. The molecule has 1 atom stereocenters. The number of ether oxygens (including phenoxy) is 1. The minimum atomic E-state index is -3.91. The molecule has 2 rings (SSSR count). The van der Waals surface area contributed by atoms with Crippen molar-refractivity contribution in [1.29, 1.82) is 0 Å². The number of carboxylic acids is 1. The lowest BCUT2D eigenvalue weighted by Crippen LogP contribution is -2.27. The van der Waals surface area contributed by atoms with E-state index < -0.39 is 16.0 Å². The Hall–Kier alpha value is -2.42. The highest BCUT2D eigenvalue weighted by Crippen LogP contribution is 2.27. The number of benzene rings is 2. The molecule has 158 valence electrons. The average Bonchev–Trinajstić information content (AvgIpc) is 2.68. The second kappa shape index (κ2) is 10.4. The molecular formula is C21H28N2O5S. The summed E-state index contributed by atoms with van der Waals surface area (Å²) >= 11 is 0. The number of carboxylic acid groups (broad SMARTS) is 1. The molecule has 0 amide bonds. The fourth-order valence-electron chi connectivity index (χ4n) is 2.73. The fourth-order valence-corrected chi connectivity index (χ4v) is 4.00. The summed E-state index contributed by atoms with van der Waals surface area (Å²) < 4.78 is 33.7. The van der Waals surface area contributed by atoms with Crippen LogP contribution in [0.15, 0.2) is 53.4 Å². The lowest BCUT2D eigenvalue weighted by atomic mass is 10.1. The van der Waals surface area contributed by atoms with Gasteiger partial charge in [0.2, 0.25) is 10.0 Å². The van der Waals surface area contributed by atoms with E-state index in [4.69, 9.17) is 4.74 Å². The van der Waals surface area contributed by atoms with E-state index >= 15 is 0 Å². The van der Waals surface area contributed by atoms with Crippen molar-refractivity contribution in [3.8, 4) is 0 Å².